The first kappa shape index (κ1) is 13.5. The molecule has 0 bridgehead atoms. The van der Waals surface area contributed by atoms with Gasteiger partial charge >= 0.3 is 0 Å². The van der Waals surface area contributed by atoms with Gasteiger partial charge in [0.1, 0.15) is 5.82 Å². The molecule has 2 aromatic heterocycles. The van der Waals surface area contributed by atoms with Crippen LogP contribution in [-0.4, -0.2) is 34.6 Å². The molecule has 0 radical (unpaired) electrons. The third-order valence-electron chi connectivity index (χ3n) is 2.38. The maximum absolute atomic E-state index is 12.0. The lowest BCUT2D eigenvalue weighted by Crippen LogP contribution is -2.27. The number of pyridine rings is 1. The van der Waals surface area contributed by atoms with Crippen molar-refractivity contribution in [2.75, 3.05) is 18.9 Å². The maximum Gasteiger partial charge on any atom is 0.255 e. The van der Waals surface area contributed by atoms with Gasteiger partial charge in [0.15, 0.2) is 5.82 Å². The van der Waals surface area contributed by atoms with Crippen LogP contribution in [0.3, 0.4) is 0 Å². The number of nitrogens with zero attached hydrogens (tertiary/aromatic N) is 3. The SMILES string of the molecule is CNc1ncc(Br)cc1C(=O)NCCc1ncon1. The van der Waals surface area contributed by atoms with Crippen LogP contribution < -0.4 is 10.6 Å². The average Bonchev–Trinajstić information content (AvgIpc) is 2.91. The molecule has 0 aliphatic rings. The highest BCUT2D eigenvalue weighted by Gasteiger charge is 2.12. The van der Waals surface area contributed by atoms with E-state index in [0.717, 1.165) is 4.47 Å². The summed E-state index contributed by atoms with van der Waals surface area (Å²) >= 11 is 3.29. The minimum atomic E-state index is -0.207. The summed E-state index contributed by atoms with van der Waals surface area (Å²) in [6.45, 7) is 0.425. The van der Waals surface area contributed by atoms with Crippen LogP contribution in [0.2, 0.25) is 0 Å². The molecule has 7 nitrogen and oxygen atoms in total. The number of carbonyl (C=O) groups is 1. The molecule has 2 aromatic rings. The number of halogens is 1. The van der Waals surface area contributed by atoms with Crippen molar-refractivity contribution in [2.45, 2.75) is 6.42 Å². The van der Waals surface area contributed by atoms with Crippen molar-refractivity contribution in [3.63, 3.8) is 0 Å². The molecule has 2 heterocycles. The first-order chi connectivity index (χ1) is 9.20. The van der Waals surface area contributed by atoms with Gasteiger partial charge in [-0.05, 0) is 22.0 Å². The van der Waals surface area contributed by atoms with Gasteiger partial charge in [-0.25, -0.2) is 4.98 Å². The smallest absolute Gasteiger partial charge is 0.255 e. The van der Waals surface area contributed by atoms with E-state index in [0.29, 0.717) is 30.2 Å². The molecule has 0 aliphatic carbocycles. The van der Waals surface area contributed by atoms with Gasteiger partial charge in [-0.3, -0.25) is 4.79 Å². The number of rotatable bonds is 5. The molecular weight excluding hydrogens is 314 g/mol. The highest BCUT2D eigenvalue weighted by Crippen LogP contribution is 2.17. The topological polar surface area (TPSA) is 92.9 Å². The highest BCUT2D eigenvalue weighted by molar-refractivity contribution is 9.10. The predicted molar refractivity (Wildman–Crippen MR) is 71.8 cm³/mol. The van der Waals surface area contributed by atoms with E-state index in [1.165, 1.54) is 6.39 Å². The normalized spacial score (nSPS) is 10.2. The van der Waals surface area contributed by atoms with Gasteiger partial charge in [-0.1, -0.05) is 5.16 Å². The summed E-state index contributed by atoms with van der Waals surface area (Å²) in [6, 6.07) is 1.71. The van der Waals surface area contributed by atoms with E-state index in [9.17, 15) is 4.79 Å². The Morgan fingerprint density at radius 3 is 3.00 bits per heavy atom. The van der Waals surface area contributed by atoms with E-state index in [1.54, 1.807) is 19.3 Å². The third kappa shape index (κ3) is 3.50. The van der Waals surface area contributed by atoms with E-state index in [-0.39, 0.29) is 5.91 Å². The Hall–Kier alpha value is -1.96. The highest BCUT2D eigenvalue weighted by atomic mass is 79.9. The second-order valence-corrected chi connectivity index (χ2v) is 4.57. The standard InChI is InChI=1S/C11H12BrN5O2/c1-13-10-8(4-7(12)5-15-10)11(18)14-3-2-9-16-6-19-17-9/h4-6H,2-3H2,1H3,(H,13,15)(H,14,18). The summed E-state index contributed by atoms with van der Waals surface area (Å²) in [4.78, 5) is 20.0. The molecule has 0 aromatic carbocycles. The number of aromatic nitrogens is 3. The first-order valence-electron chi connectivity index (χ1n) is 5.57. The number of amides is 1. The van der Waals surface area contributed by atoms with Crippen LogP contribution in [0.5, 0.6) is 0 Å². The second-order valence-electron chi connectivity index (χ2n) is 3.65. The minimum absolute atomic E-state index is 0.207. The fourth-order valence-electron chi connectivity index (χ4n) is 1.50. The van der Waals surface area contributed by atoms with E-state index in [4.69, 9.17) is 0 Å². The molecule has 0 aliphatic heterocycles. The minimum Gasteiger partial charge on any atom is -0.372 e. The first-order valence-corrected chi connectivity index (χ1v) is 6.36. The summed E-state index contributed by atoms with van der Waals surface area (Å²) in [5.41, 5.74) is 0.477. The fraction of sp³-hybridized carbons (Fsp3) is 0.273. The molecule has 8 heteroatoms. The zero-order valence-corrected chi connectivity index (χ0v) is 11.8. The molecule has 2 rings (SSSR count). The predicted octanol–water partition coefficient (Wildman–Crippen LogP) is 1.24. The van der Waals surface area contributed by atoms with Gasteiger partial charge < -0.3 is 15.2 Å². The van der Waals surface area contributed by atoms with E-state index >= 15 is 0 Å². The van der Waals surface area contributed by atoms with Crippen LogP contribution in [0.25, 0.3) is 0 Å². The number of carbonyl (C=O) groups excluding carboxylic acids is 1. The molecule has 0 unspecified atom stereocenters. The maximum atomic E-state index is 12.0. The molecule has 19 heavy (non-hydrogen) atoms. The Kier molecular flexibility index (Phi) is 4.45. The Labute approximate surface area is 117 Å². The van der Waals surface area contributed by atoms with Crippen LogP contribution in [0.4, 0.5) is 5.82 Å². The average molecular weight is 326 g/mol. The van der Waals surface area contributed by atoms with Crippen LogP contribution in [0.1, 0.15) is 16.2 Å². The summed E-state index contributed by atoms with van der Waals surface area (Å²) in [7, 11) is 1.71. The zero-order valence-electron chi connectivity index (χ0n) is 10.2. The van der Waals surface area contributed by atoms with Gasteiger partial charge in [-0.2, -0.15) is 4.98 Å². The number of nitrogens with one attached hydrogen (secondary N) is 2. The Morgan fingerprint density at radius 1 is 1.47 bits per heavy atom. The monoisotopic (exact) mass is 325 g/mol. The number of hydrogen-bond acceptors (Lipinski definition) is 6. The Balaban J connectivity index is 1.97. The summed E-state index contributed by atoms with van der Waals surface area (Å²) in [6.07, 6.45) is 3.40. The van der Waals surface area contributed by atoms with Crippen molar-refractivity contribution in [1.82, 2.24) is 20.4 Å². The van der Waals surface area contributed by atoms with Crippen LogP contribution in [-0.2, 0) is 6.42 Å². The largest absolute Gasteiger partial charge is 0.372 e. The fourth-order valence-corrected chi connectivity index (χ4v) is 1.83. The van der Waals surface area contributed by atoms with Crippen LogP contribution >= 0.6 is 15.9 Å². The third-order valence-corrected chi connectivity index (χ3v) is 2.81. The Bertz CT molecular complexity index is 558. The van der Waals surface area contributed by atoms with E-state index < -0.39 is 0 Å². The zero-order chi connectivity index (χ0) is 13.7. The van der Waals surface area contributed by atoms with Gasteiger partial charge in [0, 0.05) is 30.7 Å². The summed E-state index contributed by atoms with van der Waals surface area (Å²) in [5.74, 6) is 0.878. The Morgan fingerprint density at radius 2 is 2.32 bits per heavy atom. The number of anilines is 1. The lowest BCUT2D eigenvalue weighted by Gasteiger charge is -2.08. The van der Waals surface area contributed by atoms with Gasteiger partial charge in [0.2, 0.25) is 6.39 Å². The molecule has 0 saturated carbocycles. The van der Waals surface area contributed by atoms with Crippen LogP contribution in [0, 0.1) is 0 Å². The van der Waals surface area contributed by atoms with Crippen LogP contribution in [0.15, 0.2) is 27.7 Å². The molecule has 0 atom stereocenters. The molecule has 0 saturated heterocycles. The molecular formula is C11H12BrN5O2. The summed E-state index contributed by atoms with van der Waals surface area (Å²) in [5, 5.41) is 9.32. The second kappa shape index (κ2) is 6.28. The number of hydrogen-bond donors (Lipinski definition) is 2. The molecule has 1 amide bonds. The molecule has 0 spiro atoms. The quantitative estimate of drug-likeness (QED) is 0.859. The lowest BCUT2D eigenvalue weighted by molar-refractivity contribution is 0.0954. The summed E-state index contributed by atoms with van der Waals surface area (Å²) < 4.78 is 5.35. The van der Waals surface area contributed by atoms with Crippen molar-refractivity contribution in [2.24, 2.45) is 0 Å². The van der Waals surface area contributed by atoms with Crippen molar-refractivity contribution < 1.29 is 9.32 Å². The van der Waals surface area contributed by atoms with Gasteiger partial charge in [0.25, 0.3) is 5.91 Å². The lowest BCUT2D eigenvalue weighted by atomic mass is 10.2. The van der Waals surface area contributed by atoms with Gasteiger partial charge in [-0.15, -0.1) is 0 Å². The van der Waals surface area contributed by atoms with Gasteiger partial charge in [0.05, 0.1) is 5.56 Å². The van der Waals surface area contributed by atoms with Crippen molar-refractivity contribution >= 4 is 27.7 Å². The molecule has 100 valence electrons. The van der Waals surface area contributed by atoms with Crippen molar-refractivity contribution in [3.8, 4) is 0 Å². The molecule has 0 fully saturated rings. The van der Waals surface area contributed by atoms with E-state index in [1.807, 2.05) is 0 Å². The van der Waals surface area contributed by atoms with E-state index in [2.05, 4.69) is 46.2 Å². The molecule has 2 N–H and O–H groups in total. The van der Waals surface area contributed by atoms with Crippen molar-refractivity contribution in [3.05, 3.63) is 34.5 Å². The van der Waals surface area contributed by atoms with Crippen molar-refractivity contribution in [1.29, 1.82) is 0 Å².